The van der Waals surface area contributed by atoms with Gasteiger partial charge in [-0.3, -0.25) is 0 Å². The first kappa shape index (κ1) is 24.6. The molecule has 1 heterocycles. The average Bonchev–Trinajstić information content (AvgIpc) is 3.51. The lowest BCUT2D eigenvalue weighted by molar-refractivity contribution is 0.382. The highest BCUT2D eigenvalue weighted by atomic mass is 35.5. The lowest BCUT2D eigenvalue weighted by atomic mass is 10.2. The Morgan fingerprint density at radius 1 is 1.26 bits per heavy atom. The van der Waals surface area contributed by atoms with Crippen molar-refractivity contribution in [2.24, 2.45) is 0 Å². The summed E-state index contributed by atoms with van der Waals surface area (Å²) in [6, 6.07) is 13.0. The summed E-state index contributed by atoms with van der Waals surface area (Å²) in [7, 11) is -3.71. The lowest BCUT2D eigenvalue weighted by Gasteiger charge is -2.27. The summed E-state index contributed by atoms with van der Waals surface area (Å²) in [4.78, 5) is 6.37. The number of aromatic nitrogens is 2. The van der Waals surface area contributed by atoms with Gasteiger partial charge in [0, 0.05) is 22.8 Å². The first-order chi connectivity index (χ1) is 16.1. The van der Waals surface area contributed by atoms with Crippen LogP contribution >= 0.6 is 23.8 Å². The number of nitrogens with one attached hydrogen (secondary N) is 1. The third kappa shape index (κ3) is 5.76. The van der Waals surface area contributed by atoms with Gasteiger partial charge in [-0.1, -0.05) is 23.7 Å². The third-order valence-corrected chi connectivity index (χ3v) is 7.70. The van der Waals surface area contributed by atoms with E-state index in [0.717, 1.165) is 18.5 Å². The molecule has 6 nitrogen and oxygen atoms in total. The summed E-state index contributed by atoms with van der Waals surface area (Å²) >= 11 is 11.7. The smallest absolute Gasteiger partial charge is 0.228 e. The van der Waals surface area contributed by atoms with Crippen LogP contribution in [0.25, 0.3) is 0 Å². The third-order valence-electron chi connectivity index (χ3n) is 5.56. The molecule has 10 heteroatoms. The molecule has 0 amide bonds. The summed E-state index contributed by atoms with van der Waals surface area (Å²) < 4.78 is 41.6. The summed E-state index contributed by atoms with van der Waals surface area (Å²) in [5, 5.41) is 4.19. The molecule has 1 N–H and O–H groups in total. The zero-order valence-corrected chi connectivity index (χ0v) is 21.3. The Morgan fingerprint density at radius 3 is 2.59 bits per heavy atom. The number of anilines is 1. The van der Waals surface area contributed by atoms with Crippen LogP contribution in [-0.2, 0) is 22.1 Å². The van der Waals surface area contributed by atoms with Gasteiger partial charge >= 0.3 is 0 Å². The van der Waals surface area contributed by atoms with Crippen molar-refractivity contribution in [3.63, 3.8) is 0 Å². The molecule has 0 unspecified atom stereocenters. The van der Waals surface area contributed by atoms with Crippen molar-refractivity contribution in [3.05, 3.63) is 76.8 Å². The molecule has 0 saturated heterocycles. The van der Waals surface area contributed by atoms with Crippen LogP contribution in [0.5, 0.6) is 0 Å². The second kappa shape index (κ2) is 10.0. The fourth-order valence-corrected chi connectivity index (χ4v) is 5.98. The van der Waals surface area contributed by atoms with Crippen molar-refractivity contribution < 1.29 is 12.8 Å². The van der Waals surface area contributed by atoms with E-state index < -0.39 is 9.84 Å². The SMILES string of the molecule is CC(C)n1c(CN(C(=S)Nc2ccc(F)cc2)C2CC2)cnc1S(=O)(=O)Cc1cccc(Cl)c1. The Bertz CT molecular complexity index is 1290. The first-order valence-corrected chi connectivity index (χ1v) is 13.4. The number of hydrogen-bond acceptors (Lipinski definition) is 4. The Hall–Kier alpha value is -2.49. The van der Waals surface area contributed by atoms with Gasteiger partial charge in [0.05, 0.1) is 24.2 Å². The second-order valence-corrected chi connectivity index (χ2v) is 11.4. The number of hydrogen-bond donors (Lipinski definition) is 1. The predicted molar refractivity (Wildman–Crippen MR) is 136 cm³/mol. The van der Waals surface area contributed by atoms with Crippen molar-refractivity contribution >= 4 is 44.5 Å². The largest absolute Gasteiger partial charge is 0.340 e. The molecule has 1 aliphatic rings. The van der Waals surface area contributed by atoms with Gasteiger partial charge in [-0.15, -0.1) is 0 Å². The van der Waals surface area contributed by atoms with Crippen LogP contribution in [0.2, 0.25) is 5.02 Å². The first-order valence-electron chi connectivity index (χ1n) is 11.0. The maximum atomic E-state index is 13.3. The average molecular weight is 521 g/mol. The van der Waals surface area contributed by atoms with E-state index in [2.05, 4.69) is 10.3 Å². The Labute approximate surface area is 209 Å². The topological polar surface area (TPSA) is 67.2 Å². The molecule has 1 aliphatic carbocycles. The maximum absolute atomic E-state index is 13.3. The molecule has 0 atom stereocenters. The highest BCUT2D eigenvalue weighted by Gasteiger charge is 2.33. The van der Waals surface area contributed by atoms with E-state index in [0.29, 0.717) is 27.9 Å². The zero-order chi connectivity index (χ0) is 24.5. The van der Waals surface area contributed by atoms with Crippen LogP contribution in [0, 0.1) is 5.82 Å². The van der Waals surface area contributed by atoms with Crippen molar-refractivity contribution in [2.45, 2.75) is 56.2 Å². The van der Waals surface area contributed by atoms with E-state index in [1.807, 2.05) is 18.7 Å². The highest BCUT2D eigenvalue weighted by molar-refractivity contribution is 7.90. The van der Waals surface area contributed by atoms with Gasteiger partial charge < -0.3 is 14.8 Å². The van der Waals surface area contributed by atoms with Gasteiger partial charge in [0.2, 0.25) is 15.0 Å². The van der Waals surface area contributed by atoms with E-state index in [1.54, 1.807) is 47.2 Å². The quantitative estimate of drug-likeness (QED) is 0.390. The standard InChI is InChI=1S/C24H26ClFN4O2S2/c1-16(2)30-22(13-27-24(30)34(31,32)15-17-4-3-5-18(25)12-17)14-29(21-10-11-21)23(33)28-20-8-6-19(26)7-9-20/h3-9,12-13,16,21H,10-11,14-15H2,1-2H3,(H,28,33). The Balaban J connectivity index is 1.58. The highest BCUT2D eigenvalue weighted by Crippen LogP contribution is 2.31. The Morgan fingerprint density at radius 2 is 1.97 bits per heavy atom. The number of sulfone groups is 1. The second-order valence-electron chi connectivity index (χ2n) is 8.68. The molecule has 180 valence electrons. The fourth-order valence-electron chi connectivity index (χ4n) is 3.84. The molecule has 0 spiro atoms. The number of thiocarbonyl (C=S) groups is 1. The number of halogens is 2. The zero-order valence-electron chi connectivity index (χ0n) is 18.9. The normalized spacial score (nSPS) is 13.8. The van der Waals surface area contributed by atoms with Gasteiger partial charge in [-0.05, 0) is 80.9 Å². The van der Waals surface area contributed by atoms with Gasteiger partial charge in [-0.2, -0.15) is 0 Å². The number of benzene rings is 2. The molecule has 4 rings (SSSR count). The minimum absolute atomic E-state index is 0.0330. The monoisotopic (exact) mass is 520 g/mol. The summed E-state index contributed by atoms with van der Waals surface area (Å²) in [5.41, 5.74) is 2.06. The van der Waals surface area contributed by atoms with Crippen LogP contribution in [-0.4, -0.2) is 34.0 Å². The summed E-state index contributed by atoms with van der Waals surface area (Å²) in [6.45, 7) is 4.27. The van der Waals surface area contributed by atoms with Crippen molar-refractivity contribution in [1.82, 2.24) is 14.5 Å². The molecule has 0 aliphatic heterocycles. The molecule has 1 fully saturated rings. The van der Waals surface area contributed by atoms with E-state index in [-0.39, 0.29) is 28.8 Å². The summed E-state index contributed by atoms with van der Waals surface area (Å²) in [6.07, 6.45) is 3.61. The van der Waals surface area contributed by atoms with E-state index >= 15 is 0 Å². The molecule has 1 aromatic heterocycles. The van der Waals surface area contributed by atoms with Crippen LogP contribution in [0.1, 0.15) is 44.0 Å². The van der Waals surface area contributed by atoms with Gasteiger partial charge in [0.25, 0.3) is 0 Å². The summed E-state index contributed by atoms with van der Waals surface area (Å²) in [5.74, 6) is -0.504. The van der Waals surface area contributed by atoms with Gasteiger partial charge in [-0.25, -0.2) is 17.8 Å². The van der Waals surface area contributed by atoms with E-state index in [1.165, 1.54) is 12.1 Å². The van der Waals surface area contributed by atoms with E-state index in [4.69, 9.17) is 23.8 Å². The van der Waals surface area contributed by atoms with Crippen LogP contribution in [0.4, 0.5) is 10.1 Å². The molecule has 1 saturated carbocycles. The fraction of sp³-hybridized carbons (Fsp3) is 0.333. The minimum atomic E-state index is -3.71. The Kier molecular flexibility index (Phi) is 7.25. The van der Waals surface area contributed by atoms with Crippen molar-refractivity contribution in [1.29, 1.82) is 0 Å². The number of rotatable bonds is 8. The van der Waals surface area contributed by atoms with Crippen LogP contribution in [0.3, 0.4) is 0 Å². The van der Waals surface area contributed by atoms with Crippen molar-refractivity contribution in [2.75, 3.05) is 5.32 Å². The molecular formula is C24H26ClFN4O2S2. The van der Waals surface area contributed by atoms with Gasteiger partial charge in [0.1, 0.15) is 5.82 Å². The minimum Gasteiger partial charge on any atom is -0.340 e. The molecule has 2 aromatic carbocycles. The van der Waals surface area contributed by atoms with E-state index in [9.17, 15) is 12.8 Å². The predicted octanol–water partition coefficient (Wildman–Crippen LogP) is 5.59. The van der Waals surface area contributed by atoms with Crippen LogP contribution in [0.15, 0.2) is 59.9 Å². The molecule has 0 bridgehead atoms. The molecule has 3 aromatic rings. The number of imidazole rings is 1. The molecule has 0 radical (unpaired) electrons. The lowest BCUT2D eigenvalue weighted by Crippen LogP contribution is -2.36. The van der Waals surface area contributed by atoms with Crippen molar-refractivity contribution in [3.8, 4) is 0 Å². The molecule has 34 heavy (non-hydrogen) atoms. The number of nitrogens with zero attached hydrogens (tertiary/aromatic N) is 3. The molecular weight excluding hydrogens is 495 g/mol. The van der Waals surface area contributed by atoms with Crippen LogP contribution < -0.4 is 5.32 Å². The maximum Gasteiger partial charge on any atom is 0.228 e. The van der Waals surface area contributed by atoms with Gasteiger partial charge in [0.15, 0.2) is 5.11 Å².